The van der Waals surface area contributed by atoms with Crippen LogP contribution in [0.3, 0.4) is 0 Å². The molecule has 1 atom stereocenters. The molecule has 0 radical (unpaired) electrons. The van der Waals surface area contributed by atoms with Gasteiger partial charge in [-0.25, -0.2) is 13.6 Å². The van der Waals surface area contributed by atoms with Gasteiger partial charge in [-0.3, -0.25) is 0 Å². The van der Waals surface area contributed by atoms with E-state index in [-0.39, 0.29) is 5.69 Å². The number of hydrogen-bond acceptors (Lipinski definition) is 3. The van der Waals surface area contributed by atoms with E-state index in [0.717, 1.165) is 25.0 Å². The fraction of sp³-hybridized carbons (Fsp3) is 0.500. The lowest BCUT2D eigenvalue weighted by Crippen LogP contribution is -2.48. The average Bonchev–Trinajstić information content (AvgIpc) is 2.38. The Labute approximate surface area is 116 Å². The molecule has 1 N–H and O–H groups in total. The molecular formula is C14H17F2NO3. The van der Waals surface area contributed by atoms with Crippen molar-refractivity contribution in [2.24, 2.45) is 0 Å². The van der Waals surface area contributed by atoms with Gasteiger partial charge in [-0.1, -0.05) is 0 Å². The largest absolute Gasteiger partial charge is 0.478 e. The van der Waals surface area contributed by atoms with Gasteiger partial charge in [0.1, 0.15) is 17.3 Å². The number of carboxylic acid groups (broad SMARTS) is 1. The van der Waals surface area contributed by atoms with Crippen molar-refractivity contribution in [3.63, 3.8) is 0 Å². The van der Waals surface area contributed by atoms with E-state index in [1.165, 1.54) is 0 Å². The number of benzene rings is 1. The number of methoxy groups -OCH3 is 1. The molecule has 1 aliphatic heterocycles. The first kappa shape index (κ1) is 14.7. The lowest BCUT2D eigenvalue weighted by atomic mass is 9.94. The third kappa shape index (κ3) is 2.75. The van der Waals surface area contributed by atoms with Crippen molar-refractivity contribution in [1.82, 2.24) is 0 Å². The Morgan fingerprint density at radius 1 is 1.40 bits per heavy atom. The van der Waals surface area contributed by atoms with E-state index in [1.807, 2.05) is 6.92 Å². The molecule has 6 heteroatoms. The summed E-state index contributed by atoms with van der Waals surface area (Å²) in [5, 5.41) is 8.79. The van der Waals surface area contributed by atoms with Crippen molar-refractivity contribution in [1.29, 1.82) is 0 Å². The summed E-state index contributed by atoms with van der Waals surface area (Å²) in [5.74, 6) is -3.07. The first-order valence-electron chi connectivity index (χ1n) is 6.39. The van der Waals surface area contributed by atoms with Crippen molar-refractivity contribution in [2.45, 2.75) is 25.4 Å². The van der Waals surface area contributed by atoms with Crippen molar-refractivity contribution in [3.05, 3.63) is 29.3 Å². The first-order chi connectivity index (χ1) is 9.36. The maximum absolute atomic E-state index is 14.0. The second-order valence-corrected chi connectivity index (χ2v) is 5.27. The zero-order valence-electron chi connectivity index (χ0n) is 11.4. The molecule has 1 unspecified atom stereocenters. The second kappa shape index (κ2) is 5.36. The Hall–Kier alpha value is -1.69. The Bertz CT molecular complexity index is 512. The van der Waals surface area contributed by atoms with Gasteiger partial charge in [0.25, 0.3) is 0 Å². The lowest BCUT2D eigenvalue weighted by Gasteiger charge is -2.40. The SMILES string of the molecule is COC1(C)CCCN(c2c(F)cc(C(=O)O)cc2F)C1. The number of rotatable bonds is 3. The molecule has 0 aliphatic carbocycles. The number of anilines is 1. The van der Waals surface area contributed by atoms with Crippen LogP contribution in [0.1, 0.15) is 30.1 Å². The molecule has 0 saturated carbocycles. The molecule has 0 aromatic heterocycles. The summed E-state index contributed by atoms with van der Waals surface area (Å²) in [6, 6.07) is 1.69. The summed E-state index contributed by atoms with van der Waals surface area (Å²) in [4.78, 5) is 12.3. The van der Waals surface area contributed by atoms with Gasteiger partial charge in [0.15, 0.2) is 0 Å². The lowest BCUT2D eigenvalue weighted by molar-refractivity contribution is -0.00490. The van der Waals surface area contributed by atoms with Crippen LogP contribution in [0.15, 0.2) is 12.1 Å². The van der Waals surface area contributed by atoms with Crippen LogP contribution in [0.4, 0.5) is 14.5 Å². The van der Waals surface area contributed by atoms with Gasteiger partial charge >= 0.3 is 5.97 Å². The predicted molar refractivity (Wildman–Crippen MR) is 70.2 cm³/mol. The van der Waals surface area contributed by atoms with Gasteiger partial charge in [-0.2, -0.15) is 0 Å². The minimum atomic E-state index is -1.35. The minimum absolute atomic E-state index is 0.182. The molecule has 0 bridgehead atoms. The highest BCUT2D eigenvalue weighted by Gasteiger charge is 2.33. The molecule has 2 rings (SSSR count). The summed E-state index contributed by atoms with van der Waals surface area (Å²) >= 11 is 0. The Morgan fingerprint density at radius 3 is 2.50 bits per heavy atom. The first-order valence-corrected chi connectivity index (χ1v) is 6.39. The van der Waals surface area contributed by atoms with E-state index in [1.54, 1.807) is 12.0 Å². The van der Waals surface area contributed by atoms with Gasteiger partial charge in [-0.05, 0) is 31.9 Å². The van der Waals surface area contributed by atoms with Crippen LogP contribution in [0.25, 0.3) is 0 Å². The molecule has 0 spiro atoms. The van der Waals surface area contributed by atoms with Crippen LogP contribution in [-0.2, 0) is 4.74 Å². The molecule has 4 nitrogen and oxygen atoms in total. The van der Waals surface area contributed by atoms with Gasteiger partial charge in [0.2, 0.25) is 0 Å². The molecule has 1 aromatic carbocycles. The monoisotopic (exact) mass is 285 g/mol. The van der Waals surface area contributed by atoms with Crippen LogP contribution in [0, 0.1) is 11.6 Å². The molecular weight excluding hydrogens is 268 g/mol. The normalized spacial score (nSPS) is 22.9. The van der Waals surface area contributed by atoms with Gasteiger partial charge in [0, 0.05) is 20.2 Å². The summed E-state index contributed by atoms with van der Waals surface area (Å²) in [6.07, 6.45) is 1.57. The Kier molecular flexibility index (Phi) is 3.94. The number of nitrogens with zero attached hydrogens (tertiary/aromatic N) is 1. The van der Waals surface area contributed by atoms with Crippen molar-refractivity contribution < 1.29 is 23.4 Å². The van der Waals surface area contributed by atoms with Gasteiger partial charge < -0.3 is 14.7 Å². The van der Waals surface area contributed by atoms with Crippen LogP contribution in [0.5, 0.6) is 0 Å². The number of aromatic carboxylic acids is 1. The number of halogens is 2. The quantitative estimate of drug-likeness (QED) is 0.927. The maximum atomic E-state index is 14.0. The molecule has 1 saturated heterocycles. The van der Waals surface area contributed by atoms with E-state index < -0.39 is 28.8 Å². The molecule has 1 fully saturated rings. The topological polar surface area (TPSA) is 49.8 Å². The summed E-state index contributed by atoms with van der Waals surface area (Å²) in [7, 11) is 1.57. The van der Waals surface area contributed by atoms with Crippen LogP contribution >= 0.6 is 0 Å². The highest BCUT2D eigenvalue weighted by molar-refractivity contribution is 5.88. The van der Waals surface area contributed by atoms with Crippen molar-refractivity contribution in [2.75, 3.05) is 25.1 Å². The van der Waals surface area contributed by atoms with E-state index in [2.05, 4.69) is 0 Å². The van der Waals surface area contributed by atoms with Crippen LogP contribution in [-0.4, -0.2) is 36.9 Å². The Balaban J connectivity index is 2.35. The number of hydrogen-bond donors (Lipinski definition) is 1. The van der Waals surface area contributed by atoms with E-state index >= 15 is 0 Å². The molecule has 0 amide bonds. The number of piperidine rings is 1. The number of carbonyl (C=O) groups is 1. The van der Waals surface area contributed by atoms with Crippen LogP contribution < -0.4 is 4.90 Å². The van der Waals surface area contributed by atoms with E-state index in [4.69, 9.17) is 9.84 Å². The molecule has 1 aliphatic rings. The molecule has 20 heavy (non-hydrogen) atoms. The number of ether oxygens (including phenoxy) is 1. The fourth-order valence-corrected chi connectivity index (χ4v) is 2.55. The van der Waals surface area contributed by atoms with Crippen molar-refractivity contribution in [3.8, 4) is 0 Å². The maximum Gasteiger partial charge on any atom is 0.335 e. The minimum Gasteiger partial charge on any atom is -0.478 e. The van der Waals surface area contributed by atoms with E-state index in [0.29, 0.717) is 13.1 Å². The highest BCUT2D eigenvalue weighted by Crippen LogP contribution is 2.32. The zero-order valence-corrected chi connectivity index (χ0v) is 11.4. The van der Waals surface area contributed by atoms with Gasteiger partial charge in [-0.15, -0.1) is 0 Å². The molecule has 1 aromatic rings. The highest BCUT2D eigenvalue weighted by atomic mass is 19.1. The summed E-state index contributed by atoms with van der Waals surface area (Å²) in [5.41, 5.74) is -1.03. The summed E-state index contributed by atoms with van der Waals surface area (Å²) < 4.78 is 33.4. The fourth-order valence-electron chi connectivity index (χ4n) is 2.55. The standard InChI is InChI=1S/C14H17F2NO3/c1-14(20-2)4-3-5-17(8-14)12-10(15)6-9(13(18)19)7-11(12)16/h6-7H,3-5,8H2,1-2H3,(H,18,19). The third-order valence-electron chi connectivity index (χ3n) is 3.73. The third-order valence-corrected chi connectivity index (χ3v) is 3.73. The van der Waals surface area contributed by atoms with Crippen molar-refractivity contribution >= 4 is 11.7 Å². The molecule has 110 valence electrons. The average molecular weight is 285 g/mol. The van der Waals surface area contributed by atoms with Crippen LogP contribution in [0.2, 0.25) is 0 Å². The Morgan fingerprint density at radius 2 is 2.00 bits per heavy atom. The summed E-state index contributed by atoms with van der Waals surface area (Å²) in [6.45, 7) is 2.77. The predicted octanol–water partition coefficient (Wildman–Crippen LogP) is 2.67. The smallest absolute Gasteiger partial charge is 0.335 e. The molecule has 1 heterocycles. The van der Waals surface area contributed by atoms with Gasteiger partial charge in [0.05, 0.1) is 11.2 Å². The number of carboxylic acids is 1. The second-order valence-electron chi connectivity index (χ2n) is 5.27. The van der Waals surface area contributed by atoms with E-state index in [9.17, 15) is 13.6 Å². The zero-order chi connectivity index (χ0) is 14.9.